The molecule has 0 N–H and O–H groups in total. The lowest BCUT2D eigenvalue weighted by Gasteiger charge is -2.22. The average molecular weight is 446 g/mol. The van der Waals surface area contributed by atoms with E-state index in [2.05, 4.69) is 4.90 Å². The summed E-state index contributed by atoms with van der Waals surface area (Å²) in [6.07, 6.45) is 0. The number of rotatable bonds is 21. The zero-order chi connectivity index (χ0) is 22.6. The zero-order valence-electron chi connectivity index (χ0n) is 19.4. The normalized spacial score (nSPS) is 11.1. The van der Waals surface area contributed by atoms with Gasteiger partial charge in [-0.2, -0.15) is 0 Å². The molecule has 31 heavy (non-hydrogen) atoms. The number of nitrogens with zero attached hydrogens (tertiary/aromatic N) is 1. The Hall–Kier alpha value is -1.62. The SMILES string of the molecule is COCCOCCN(CCOCCOC)CCOCCOc1c(OC)cccc1OC. The number of hydrogen-bond acceptors (Lipinski definition) is 9. The van der Waals surface area contributed by atoms with Crippen molar-refractivity contribution in [2.75, 3.05) is 108 Å². The van der Waals surface area contributed by atoms with Crippen LogP contribution in [0.4, 0.5) is 0 Å². The van der Waals surface area contributed by atoms with E-state index in [4.69, 9.17) is 37.9 Å². The van der Waals surface area contributed by atoms with Gasteiger partial charge in [0.25, 0.3) is 0 Å². The van der Waals surface area contributed by atoms with Gasteiger partial charge in [0.15, 0.2) is 11.5 Å². The number of para-hydroxylation sites is 1. The second-order valence-electron chi connectivity index (χ2n) is 6.50. The largest absolute Gasteiger partial charge is 0.493 e. The number of ether oxygens (including phenoxy) is 8. The Labute approximate surface area is 186 Å². The summed E-state index contributed by atoms with van der Waals surface area (Å²) in [6.45, 7) is 7.48. The Kier molecular flexibility index (Phi) is 16.9. The molecule has 0 amide bonds. The molecular weight excluding hydrogens is 406 g/mol. The highest BCUT2D eigenvalue weighted by atomic mass is 16.6. The topological polar surface area (TPSA) is 77.1 Å². The van der Waals surface area contributed by atoms with Gasteiger partial charge < -0.3 is 37.9 Å². The van der Waals surface area contributed by atoms with Gasteiger partial charge in [-0.3, -0.25) is 4.90 Å². The standard InChI is InChI=1S/C22H39NO8/c1-24-14-16-28-11-8-23(9-12-29-17-15-25-2)10-13-30-18-19-31-22-20(26-3)6-5-7-21(22)27-4/h5-7H,8-19H2,1-4H3. The van der Waals surface area contributed by atoms with Crippen molar-refractivity contribution in [1.29, 1.82) is 0 Å². The molecule has 0 bridgehead atoms. The van der Waals surface area contributed by atoms with Crippen LogP contribution < -0.4 is 14.2 Å². The van der Waals surface area contributed by atoms with Gasteiger partial charge in [0, 0.05) is 33.9 Å². The second kappa shape index (κ2) is 19.1. The molecule has 0 heterocycles. The van der Waals surface area contributed by atoms with Crippen molar-refractivity contribution in [2.24, 2.45) is 0 Å². The maximum absolute atomic E-state index is 5.81. The lowest BCUT2D eigenvalue weighted by molar-refractivity contribution is 0.0259. The molecule has 1 aromatic rings. The number of methoxy groups -OCH3 is 4. The molecule has 0 aliphatic rings. The van der Waals surface area contributed by atoms with Gasteiger partial charge in [0.1, 0.15) is 6.61 Å². The van der Waals surface area contributed by atoms with Gasteiger partial charge >= 0.3 is 0 Å². The smallest absolute Gasteiger partial charge is 0.203 e. The fraction of sp³-hybridized carbons (Fsp3) is 0.727. The van der Waals surface area contributed by atoms with Crippen molar-refractivity contribution in [2.45, 2.75) is 0 Å². The van der Waals surface area contributed by atoms with E-state index in [1.165, 1.54) is 0 Å². The highest BCUT2D eigenvalue weighted by Crippen LogP contribution is 2.36. The molecule has 0 unspecified atom stereocenters. The maximum atomic E-state index is 5.81. The molecule has 9 nitrogen and oxygen atoms in total. The Morgan fingerprint density at radius 1 is 0.581 bits per heavy atom. The van der Waals surface area contributed by atoms with Crippen LogP contribution in [-0.4, -0.2) is 112 Å². The van der Waals surface area contributed by atoms with Crippen molar-refractivity contribution < 1.29 is 37.9 Å². The van der Waals surface area contributed by atoms with E-state index < -0.39 is 0 Å². The Balaban J connectivity index is 2.29. The van der Waals surface area contributed by atoms with Gasteiger partial charge in [-0.15, -0.1) is 0 Å². The fourth-order valence-corrected chi connectivity index (χ4v) is 2.67. The van der Waals surface area contributed by atoms with Crippen LogP contribution in [-0.2, 0) is 23.7 Å². The lowest BCUT2D eigenvalue weighted by atomic mass is 10.3. The summed E-state index contributed by atoms with van der Waals surface area (Å²) < 4.78 is 43.4. The second-order valence-corrected chi connectivity index (χ2v) is 6.50. The minimum Gasteiger partial charge on any atom is -0.493 e. The molecule has 0 spiro atoms. The van der Waals surface area contributed by atoms with Crippen molar-refractivity contribution in [3.8, 4) is 17.2 Å². The van der Waals surface area contributed by atoms with Crippen LogP contribution in [0.5, 0.6) is 17.2 Å². The van der Waals surface area contributed by atoms with E-state index in [9.17, 15) is 0 Å². The molecule has 0 radical (unpaired) electrons. The van der Waals surface area contributed by atoms with Crippen molar-refractivity contribution in [1.82, 2.24) is 4.90 Å². The summed E-state index contributed by atoms with van der Waals surface area (Å²) in [5, 5.41) is 0. The van der Waals surface area contributed by atoms with Crippen LogP contribution in [0, 0.1) is 0 Å². The molecular formula is C22H39NO8. The molecule has 0 aliphatic heterocycles. The predicted octanol–water partition coefficient (Wildman–Crippen LogP) is 1.73. The molecule has 0 fully saturated rings. The van der Waals surface area contributed by atoms with Crippen LogP contribution in [0.1, 0.15) is 0 Å². The third-order valence-corrected chi connectivity index (χ3v) is 4.38. The summed E-state index contributed by atoms with van der Waals surface area (Å²) in [6, 6.07) is 5.52. The van der Waals surface area contributed by atoms with E-state index in [1.807, 2.05) is 18.2 Å². The molecule has 0 aliphatic carbocycles. The van der Waals surface area contributed by atoms with Crippen LogP contribution in [0.2, 0.25) is 0 Å². The zero-order valence-corrected chi connectivity index (χ0v) is 19.4. The lowest BCUT2D eigenvalue weighted by Crippen LogP contribution is -2.34. The Morgan fingerprint density at radius 2 is 1.03 bits per heavy atom. The first-order chi connectivity index (χ1) is 15.3. The molecule has 0 saturated carbocycles. The monoisotopic (exact) mass is 445 g/mol. The van der Waals surface area contributed by atoms with Crippen LogP contribution >= 0.6 is 0 Å². The number of hydrogen-bond donors (Lipinski definition) is 0. The highest BCUT2D eigenvalue weighted by Gasteiger charge is 2.11. The molecule has 0 atom stereocenters. The summed E-state index contributed by atoms with van der Waals surface area (Å²) in [5.41, 5.74) is 0. The Bertz CT molecular complexity index is 510. The van der Waals surface area contributed by atoms with Gasteiger partial charge in [-0.1, -0.05) is 6.07 Å². The van der Waals surface area contributed by atoms with E-state index in [1.54, 1.807) is 28.4 Å². The van der Waals surface area contributed by atoms with Crippen molar-refractivity contribution in [3.63, 3.8) is 0 Å². The first-order valence-corrected chi connectivity index (χ1v) is 10.5. The number of benzene rings is 1. The quantitative estimate of drug-likeness (QED) is 0.263. The summed E-state index contributed by atoms with van der Waals surface area (Å²) >= 11 is 0. The Morgan fingerprint density at radius 3 is 1.45 bits per heavy atom. The fourth-order valence-electron chi connectivity index (χ4n) is 2.67. The first-order valence-electron chi connectivity index (χ1n) is 10.5. The van der Waals surface area contributed by atoms with Crippen molar-refractivity contribution >= 4 is 0 Å². The summed E-state index contributed by atoms with van der Waals surface area (Å²) in [5.74, 6) is 1.85. The van der Waals surface area contributed by atoms with E-state index in [0.29, 0.717) is 76.7 Å². The molecule has 1 rings (SSSR count). The summed E-state index contributed by atoms with van der Waals surface area (Å²) in [4.78, 5) is 2.25. The first kappa shape index (κ1) is 27.4. The van der Waals surface area contributed by atoms with Gasteiger partial charge in [-0.05, 0) is 12.1 Å². The highest BCUT2D eigenvalue weighted by molar-refractivity contribution is 5.51. The van der Waals surface area contributed by atoms with Crippen LogP contribution in [0.3, 0.4) is 0 Å². The predicted molar refractivity (Wildman–Crippen MR) is 118 cm³/mol. The van der Waals surface area contributed by atoms with Crippen LogP contribution in [0.15, 0.2) is 18.2 Å². The van der Waals surface area contributed by atoms with Crippen LogP contribution in [0.25, 0.3) is 0 Å². The molecule has 9 heteroatoms. The third kappa shape index (κ3) is 12.7. The molecule has 180 valence electrons. The third-order valence-electron chi connectivity index (χ3n) is 4.38. The average Bonchev–Trinajstić information content (AvgIpc) is 2.80. The molecule has 1 aromatic carbocycles. The van der Waals surface area contributed by atoms with E-state index in [-0.39, 0.29) is 0 Å². The molecule has 0 aromatic heterocycles. The van der Waals surface area contributed by atoms with Gasteiger partial charge in [0.05, 0.1) is 67.1 Å². The van der Waals surface area contributed by atoms with Gasteiger partial charge in [-0.25, -0.2) is 0 Å². The van der Waals surface area contributed by atoms with Gasteiger partial charge in [0.2, 0.25) is 5.75 Å². The molecule has 0 saturated heterocycles. The van der Waals surface area contributed by atoms with E-state index in [0.717, 1.165) is 19.6 Å². The maximum Gasteiger partial charge on any atom is 0.203 e. The minimum atomic E-state index is 0.400. The minimum absolute atomic E-state index is 0.400. The van der Waals surface area contributed by atoms with Crippen molar-refractivity contribution in [3.05, 3.63) is 18.2 Å². The van der Waals surface area contributed by atoms with E-state index >= 15 is 0 Å². The summed E-state index contributed by atoms with van der Waals surface area (Å²) in [7, 11) is 6.53.